The summed E-state index contributed by atoms with van der Waals surface area (Å²) in [5, 5.41) is 0.693. The monoisotopic (exact) mass is 539 g/mol. The van der Waals surface area contributed by atoms with E-state index < -0.39 is 11.8 Å². The molecule has 8 nitrogen and oxygen atoms in total. The number of para-hydroxylation sites is 1. The standard InChI is InChI=1S/C22H19Cl2N3O5S2/c1-31-16-5-3-2-4-13(16)10-18-21(30)27(22(33)34-18)9-8-19(28)25-26-20(29)12-32-17-7-6-14(23)11-15(17)24/h2-7,10-11H,8-9,12H2,1H3,(H,25,28)(H,26,29). The van der Waals surface area contributed by atoms with Crippen molar-refractivity contribution < 1.29 is 23.9 Å². The predicted molar refractivity (Wildman–Crippen MR) is 136 cm³/mol. The molecule has 1 aliphatic heterocycles. The third-order valence-corrected chi connectivity index (χ3v) is 6.36. The molecular weight excluding hydrogens is 521 g/mol. The smallest absolute Gasteiger partial charge is 0.276 e. The van der Waals surface area contributed by atoms with Gasteiger partial charge in [-0.3, -0.25) is 30.1 Å². The summed E-state index contributed by atoms with van der Waals surface area (Å²) in [6.07, 6.45) is 1.63. The van der Waals surface area contributed by atoms with Crippen molar-refractivity contribution in [2.45, 2.75) is 6.42 Å². The van der Waals surface area contributed by atoms with Crippen molar-refractivity contribution in [3.05, 3.63) is 63.0 Å². The summed E-state index contributed by atoms with van der Waals surface area (Å²) in [5.41, 5.74) is 5.25. The molecule has 34 heavy (non-hydrogen) atoms. The van der Waals surface area contributed by atoms with E-state index in [4.69, 9.17) is 44.9 Å². The van der Waals surface area contributed by atoms with E-state index in [1.165, 1.54) is 17.0 Å². The van der Waals surface area contributed by atoms with Crippen LogP contribution in [-0.4, -0.2) is 47.2 Å². The molecule has 0 aliphatic carbocycles. The first-order chi connectivity index (χ1) is 16.3. The maximum absolute atomic E-state index is 12.7. The normalized spacial score (nSPS) is 14.3. The van der Waals surface area contributed by atoms with Crippen molar-refractivity contribution in [1.29, 1.82) is 0 Å². The number of nitrogens with zero attached hydrogens (tertiary/aromatic N) is 1. The van der Waals surface area contributed by atoms with Crippen LogP contribution in [0.2, 0.25) is 10.0 Å². The van der Waals surface area contributed by atoms with Gasteiger partial charge < -0.3 is 9.47 Å². The van der Waals surface area contributed by atoms with Gasteiger partial charge in [-0.15, -0.1) is 0 Å². The predicted octanol–water partition coefficient (Wildman–Crippen LogP) is 3.82. The van der Waals surface area contributed by atoms with E-state index in [1.54, 1.807) is 25.3 Å². The van der Waals surface area contributed by atoms with Gasteiger partial charge in [-0.2, -0.15) is 0 Å². The minimum atomic E-state index is -0.593. The van der Waals surface area contributed by atoms with Crippen molar-refractivity contribution in [3.63, 3.8) is 0 Å². The Balaban J connectivity index is 1.46. The number of carbonyl (C=O) groups is 3. The highest BCUT2D eigenvalue weighted by Gasteiger charge is 2.32. The minimum absolute atomic E-state index is 0.0620. The Labute approximate surface area is 215 Å². The van der Waals surface area contributed by atoms with Crippen molar-refractivity contribution in [3.8, 4) is 11.5 Å². The number of thioether (sulfide) groups is 1. The third-order valence-electron chi connectivity index (χ3n) is 4.46. The highest BCUT2D eigenvalue weighted by Crippen LogP contribution is 2.34. The fourth-order valence-electron chi connectivity index (χ4n) is 2.81. The van der Waals surface area contributed by atoms with Gasteiger partial charge in [-0.05, 0) is 30.3 Å². The van der Waals surface area contributed by atoms with Crippen LogP contribution in [0, 0.1) is 0 Å². The fraction of sp³-hybridized carbons (Fsp3) is 0.182. The lowest BCUT2D eigenvalue weighted by Gasteiger charge is -2.14. The van der Waals surface area contributed by atoms with Crippen molar-refractivity contribution >= 4 is 75.3 Å². The summed E-state index contributed by atoms with van der Waals surface area (Å²) in [6.45, 7) is -0.309. The molecule has 0 unspecified atom stereocenters. The second-order valence-corrected chi connectivity index (χ2v) is 9.30. The van der Waals surface area contributed by atoms with Gasteiger partial charge in [0.1, 0.15) is 15.8 Å². The Morgan fingerprint density at radius 2 is 1.85 bits per heavy atom. The van der Waals surface area contributed by atoms with E-state index in [2.05, 4.69) is 10.9 Å². The molecule has 2 aromatic rings. The number of ether oxygens (including phenoxy) is 2. The molecule has 1 saturated heterocycles. The van der Waals surface area contributed by atoms with Crippen LogP contribution in [0.1, 0.15) is 12.0 Å². The second kappa shape index (κ2) is 12.1. The highest BCUT2D eigenvalue weighted by molar-refractivity contribution is 8.26. The van der Waals surface area contributed by atoms with Gasteiger partial charge in [0.2, 0.25) is 5.91 Å². The summed E-state index contributed by atoms with van der Waals surface area (Å²) >= 11 is 18.2. The molecule has 0 radical (unpaired) electrons. The van der Waals surface area contributed by atoms with Crippen LogP contribution in [0.4, 0.5) is 0 Å². The van der Waals surface area contributed by atoms with Gasteiger partial charge in [0, 0.05) is 23.6 Å². The van der Waals surface area contributed by atoms with Crippen LogP contribution >= 0.6 is 47.2 Å². The zero-order valence-corrected chi connectivity index (χ0v) is 20.9. The highest BCUT2D eigenvalue weighted by atomic mass is 35.5. The van der Waals surface area contributed by atoms with Crippen LogP contribution in [0.15, 0.2) is 47.4 Å². The number of halogens is 2. The number of carbonyl (C=O) groups excluding carboxylic acids is 3. The van der Waals surface area contributed by atoms with Gasteiger partial charge in [-0.1, -0.05) is 65.4 Å². The fourth-order valence-corrected chi connectivity index (χ4v) is 4.57. The van der Waals surface area contributed by atoms with Crippen LogP contribution in [0.25, 0.3) is 6.08 Å². The molecule has 0 spiro atoms. The number of benzene rings is 2. The number of thiocarbonyl (C=S) groups is 1. The van der Waals surface area contributed by atoms with Crippen molar-refractivity contribution in [1.82, 2.24) is 15.8 Å². The number of hydrogen-bond acceptors (Lipinski definition) is 7. The van der Waals surface area contributed by atoms with E-state index in [1.807, 2.05) is 18.2 Å². The second-order valence-electron chi connectivity index (χ2n) is 6.79. The number of amides is 3. The van der Waals surface area contributed by atoms with Gasteiger partial charge in [0.15, 0.2) is 6.61 Å². The molecule has 0 atom stereocenters. The Morgan fingerprint density at radius 3 is 2.59 bits per heavy atom. The SMILES string of the molecule is COc1ccccc1C=C1SC(=S)N(CCC(=O)NNC(=O)COc2ccc(Cl)cc2Cl)C1=O. The lowest BCUT2D eigenvalue weighted by atomic mass is 10.2. The largest absolute Gasteiger partial charge is 0.496 e. The number of methoxy groups -OCH3 is 1. The first-order valence-corrected chi connectivity index (χ1v) is 11.8. The summed E-state index contributed by atoms with van der Waals surface area (Å²) in [4.78, 5) is 38.5. The Bertz CT molecular complexity index is 1160. The van der Waals surface area contributed by atoms with E-state index in [0.717, 1.165) is 17.3 Å². The molecule has 0 saturated carbocycles. The molecule has 2 N–H and O–H groups in total. The first-order valence-electron chi connectivity index (χ1n) is 9.82. The van der Waals surface area contributed by atoms with Gasteiger partial charge in [-0.25, -0.2) is 0 Å². The van der Waals surface area contributed by atoms with E-state index in [0.29, 0.717) is 20.0 Å². The molecule has 12 heteroatoms. The van der Waals surface area contributed by atoms with Crippen molar-refractivity contribution in [2.24, 2.45) is 0 Å². The number of nitrogens with one attached hydrogen (secondary N) is 2. The molecule has 1 fully saturated rings. The topological polar surface area (TPSA) is 97.0 Å². The van der Waals surface area contributed by atoms with Gasteiger partial charge >= 0.3 is 0 Å². The molecule has 3 rings (SSSR count). The Hall–Kier alpha value is -2.79. The Morgan fingerprint density at radius 1 is 1.12 bits per heavy atom. The molecule has 1 aliphatic rings. The molecule has 3 amide bonds. The van der Waals surface area contributed by atoms with Gasteiger partial charge in [0.25, 0.3) is 11.8 Å². The maximum Gasteiger partial charge on any atom is 0.276 e. The van der Waals surface area contributed by atoms with E-state index in [9.17, 15) is 14.4 Å². The minimum Gasteiger partial charge on any atom is -0.496 e. The first kappa shape index (κ1) is 25.8. The molecule has 2 aromatic carbocycles. The summed E-state index contributed by atoms with van der Waals surface area (Å²) < 4.78 is 10.9. The van der Waals surface area contributed by atoms with Crippen LogP contribution < -0.4 is 20.3 Å². The average Bonchev–Trinajstić information content (AvgIpc) is 3.08. The van der Waals surface area contributed by atoms with Crippen LogP contribution in [0.3, 0.4) is 0 Å². The molecule has 0 bridgehead atoms. The van der Waals surface area contributed by atoms with E-state index >= 15 is 0 Å². The quantitative estimate of drug-likeness (QED) is 0.299. The number of hydrazine groups is 1. The molecule has 1 heterocycles. The summed E-state index contributed by atoms with van der Waals surface area (Å²) in [6, 6.07) is 11.9. The number of hydrogen-bond donors (Lipinski definition) is 2. The zero-order chi connectivity index (χ0) is 24.7. The lowest BCUT2D eigenvalue weighted by Crippen LogP contribution is -2.45. The Kier molecular flexibility index (Phi) is 9.17. The summed E-state index contributed by atoms with van der Waals surface area (Å²) in [7, 11) is 1.55. The van der Waals surface area contributed by atoms with E-state index in [-0.39, 0.29) is 36.3 Å². The molecule has 178 valence electrons. The third kappa shape index (κ3) is 6.86. The number of rotatable bonds is 8. The lowest BCUT2D eigenvalue weighted by molar-refractivity contribution is -0.130. The molecular formula is C22H19Cl2N3O5S2. The zero-order valence-electron chi connectivity index (χ0n) is 17.8. The molecule has 0 aromatic heterocycles. The van der Waals surface area contributed by atoms with Crippen LogP contribution in [0.5, 0.6) is 11.5 Å². The maximum atomic E-state index is 12.7. The van der Waals surface area contributed by atoms with Gasteiger partial charge in [0.05, 0.1) is 17.0 Å². The summed E-state index contributed by atoms with van der Waals surface area (Å²) in [5.74, 6) is -0.482. The van der Waals surface area contributed by atoms with Crippen molar-refractivity contribution in [2.75, 3.05) is 20.3 Å². The van der Waals surface area contributed by atoms with Crippen LogP contribution in [-0.2, 0) is 14.4 Å². The average molecular weight is 540 g/mol.